The van der Waals surface area contributed by atoms with Gasteiger partial charge in [0.25, 0.3) is 5.56 Å². The summed E-state index contributed by atoms with van der Waals surface area (Å²) in [6, 6.07) is 7.27. The van der Waals surface area contributed by atoms with Crippen molar-refractivity contribution in [1.82, 2.24) is 30.1 Å². The number of piperazine rings is 1. The van der Waals surface area contributed by atoms with Gasteiger partial charge in [0.2, 0.25) is 0 Å². The van der Waals surface area contributed by atoms with Crippen molar-refractivity contribution in [3.8, 4) is 0 Å². The Kier molecular flexibility index (Phi) is 5.36. The van der Waals surface area contributed by atoms with E-state index in [0.29, 0.717) is 42.9 Å². The lowest BCUT2D eigenvalue weighted by atomic mass is 10.2. The molecule has 9 heteroatoms. The summed E-state index contributed by atoms with van der Waals surface area (Å²) >= 11 is 1.55. The highest BCUT2D eigenvalue weighted by molar-refractivity contribution is 7.09. The van der Waals surface area contributed by atoms with Crippen LogP contribution in [0, 0.1) is 6.92 Å². The number of urea groups is 1. The lowest BCUT2D eigenvalue weighted by Gasteiger charge is -2.34. The molecule has 2 amide bonds. The number of carbonyl (C=O) groups excluding carboxylic acids is 1. The normalized spacial score (nSPS) is 15.1. The smallest absolute Gasteiger partial charge is 0.317 e. The van der Waals surface area contributed by atoms with Crippen molar-refractivity contribution in [3.63, 3.8) is 0 Å². The van der Waals surface area contributed by atoms with E-state index in [-0.39, 0.29) is 11.6 Å². The molecule has 3 heterocycles. The van der Waals surface area contributed by atoms with Crippen LogP contribution in [0.4, 0.5) is 4.79 Å². The predicted octanol–water partition coefficient (Wildman–Crippen LogP) is 1.72. The third-order valence-electron chi connectivity index (χ3n) is 4.75. The summed E-state index contributed by atoms with van der Waals surface area (Å²) in [5, 5.41) is 6.42. The van der Waals surface area contributed by atoms with Crippen LogP contribution in [0.3, 0.4) is 0 Å². The summed E-state index contributed by atoms with van der Waals surface area (Å²) in [6.07, 6.45) is 0. The first kappa shape index (κ1) is 18.6. The van der Waals surface area contributed by atoms with Crippen molar-refractivity contribution in [1.29, 1.82) is 0 Å². The fourth-order valence-electron chi connectivity index (χ4n) is 3.28. The molecule has 28 heavy (non-hydrogen) atoms. The van der Waals surface area contributed by atoms with Crippen LogP contribution >= 0.6 is 11.3 Å². The van der Waals surface area contributed by atoms with Crippen LogP contribution in [0.25, 0.3) is 10.9 Å². The number of nitrogens with one attached hydrogen (secondary N) is 2. The summed E-state index contributed by atoms with van der Waals surface area (Å²) in [5.41, 5.74) is 1.57. The molecule has 1 aliphatic rings. The van der Waals surface area contributed by atoms with E-state index in [1.54, 1.807) is 17.4 Å². The van der Waals surface area contributed by atoms with Gasteiger partial charge >= 0.3 is 6.03 Å². The summed E-state index contributed by atoms with van der Waals surface area (Å²) in [7, 11) is 0. The van der Waals surface area contributed by atoms with Crippen molar-refractivity contribution in [2.24, 2.45) is 0 Å². The first-order chi connectivity index (χ1) is 13.6. The van der Waals surface area contributed by atoms with E-state index in [1.165, 1.54) is 0 Å². The molecule has 146 valence electrons. The molecule has 3 aromatic rings. The molecule has 1 saturated heterocycles. The molecule has 2 aromatic heterocycles. The van der Waals surface area contributed by atoms with Crippen LogP contribution in [-0.2, 0) is 13.1 Å². The molecule has 0 atom stereocenters. The minimum absolute atomic E-state index is 0.0651. The molecule has 0 bridgehead atoms. The number of benzene rings is 1. The van der Waals surface area contributed by atoms with Gasteiger partial charge in [-0.1, -0.05) is 12.1 Å². The van der Waals surface area contributed by atoms with E-state index >= 15 is 0 Å². The second-order valence-electron chi connectivity index (χ2n) is 6.83. The second kappa shape index (κ2) is 8.07. The van der Waals surface area contributed by atoms with E-state index in [9.17, 15) is 9.59 Å². The lowest BCUT2D eigenvalue weighted by Crippen LogP contribution is -2.51. The van der Waals surface area contributed by atoms with E-state index < -0.39 is 0 Å². The fourth-order valence-corrected chi connectivity index (χ4v) is 3.99. The molecular formula is C19H22N6O2S. The van der Waals surface area contributed by atoms with E-state index in [1.807, 2.05) is 35.4 Å². The number of aromatic nitrogens is 3. The van der Waals surface area contributed by atoms with Gasteiger partial charge in [-0.2, -0.15) is 0 Å². The zero-order valence-corrected chi connectivity index (χ0v) is 16.5. The monoisotopic (exact) mass is 398 g/mol. The van der Waals surface area contributed by atoms with Crippen LogP contribution in [-0.4, -0.2) is 57.0 Å². The van der Waals surface area contributed by atoms with E-state index in [4.69, 9.17) is 0 Å². The summed E-state index contributed by atoms with van der Waals surface area (Å²) in [4.78, 5) is 40.3. The van der Waals surface area contributed by atoms with E-state index in [0.717, 1.165) is 23.8 Å². The highest BCUT2D eigenvalue weighted by atomic mass is 32.1. The number of H-pyrrole nitrogens is 1. The fraction of sp³-hybridized carbons (Fsp3) is 0.368. The quantitative estimate of drug-likeness (QED) is 0.698. The number of fused-ring (bicyclic) bond motifs is 1. The maximum Gasteiger partial charge on any atom is 0.317 e. The van der Waals surface area contributed by atoms with Crippen molar-refractivity contribution < 1.29 is 4.79 Å². The van der Waals surface area contributed by atoms with Gasteiger partial charge in [-0.05, 0) is 19.1 Å². The minimum Gasteiger partial charge on any atom is -0.331 e. The third-order valence-corrected chi connectivity index (χ3v) is 5.72. The molecule has 2 N–H and O–H groups in total. The van der Waals surface area contributed by atoms with Gasteiger partial charge in [0.1, 0.15) is 10.8 Å². The molecule has 0 radical (unpaired) electrons. The van der Waals surface area contributed by atoms with Crippen LogP contribution in [0.5, 0.6) is 0 Å². The van der Waals surface area contributed by atoms with Crippen LogP contribution < -0.4 is 10.9 Å². The Morgan fingerprint density at radius 3 is 2.75 bits per heavy atom. The number of thiazole rings is 1. The van der Waals surface area contributed by atoms with Gasteiger partial charge in [-0.3, -0.25) is 9.69 Å². The number of aromatic amines is 1. The number of aryl methyl sites for hydroxylation is 1. The Labute approximate surface area is 166 Å². The minimum atomic E-state index is -0.115. The van der Waals surface area contributed by atoms with Gasteiger partial charge in [0.05, 0.1) is 24.0 Å². The third kappa shape index (κ3) is 4.20. The number of carbonyl (C=O) groups is 1. The van der Waals surface area contributed by atoms with Crippen molar-refractivity contribution >= 4 is 28.3 Å². The molecule has 4 rings (SSSR count). The van der Waals surface area contributed by atoms with Crippen LogP contribution in [0.1, 0.15) is 16.5 Å². The Balaban J connectivity index is 1.30. The summed E-state index contributed by atoms with van der Waals surface area (Å²) < 4.78 is 0. The molecule has 0 saturated carbocycles. The maximum absolute atomic E-state index is 12.3. The number of amides is 2. The molecule has 8 nitrogen and oxygen atoms in total. The lowest BCUT2D eigenvalue weighted by molar-refractivity contribution is 0.133. The van der Waals surface area contributed by atoms with Crippen molar-refractivity contribution in [3.05, 3.63) is 56.5 Å². The summed E-state index contributed by atoms with van der Waals surface area (Å²) in [6.45, 7) is 5.72. The molecule has 1 aliphatic heterocycles. The molecule has 0 aliphatic carbocycles. The second-order valence-corrected chi connectivity index (χ2v) is 7.78. The van der Waals surface area contributed by atoms with Crippen LogP contribution in [0.2, 0.25) is 0 Å². The molecule has 1 fully saturated rings. The average Bonchev–Trinajstić information content (AvgIpc) is 3.12. The van der Waals surface area contributed by atoms with Gasteiger partial charge in [-0.15, -0.1) is 11.3 Å². The van der Waals surface area contributed by atoms with Gasteiger partial charge in [-0.25, -0.2) is 14.8 Å². The van der Waals surface area contributed by atoms with Gasteiger partial charge in [0.15, 0.2) is 0 Å². The predicted molar refractivity (Wildman–Crippen MR) is 108 cm³/mol. The molecule has 0 unspecified atom stereocenters. The highest BCUT2D eigenvalue weighted by Crippen LogP contribution is 2.10. The van der Waals surface area contributed by atoms with Crippen molar-refractivity contribution in [2.45, 2.75) is 20.0 Å². The zero-order valence-electron chi connectivity index (χ0n) is 15.6. The Morgan fingerprint density at radius 2 is 2.00 bits per heavy atom. The topological polar surface area (TPSA) is 94.2 Å². The SMILES string of the molecule is Cc1csc(CNC(=O)N2CCN(Cc3nc4ccccc4c(=O)[nH]3)CC2)n1. The number of rotatable bonds is 4. The number of hydrogen-bond donors (Lipinski definition) is 2. The first-order valence-corrected chi connectivity index (χ1v) is 10.1. The standard InChI is InChI=1S/C19H22N6O2S/c1-13-12-28-17(21-13)10-20-19(27)25-8-6-24(7-9-25)11-16-22-15-5-3-2-4-14(15)18(26)23-16/h2-5,12H,6-11H2,1H3,(H,20,27)(H,22,23,26). The molecular weight excluding hydrogens is 376 g/mol. The number of hydrogen-bond acceptors (Lipinski definition) is 6. The first-order valence-electron chi connectivity index (χ1n) is 9.22. The summed E-state index contributed by atoms with van der Waals surface area (Å²) in [5.74, 6) is 0.653. The number of nitrogens with zero attached hydrogens (tertiary/aromatic N) is 4. The molecule has 1 aromatic carbocycles. The molecule has 0 spiro atoms. The largest absolute Gasteiger partial charge is 0.331 e. The van der Waals surface area contributed by atoms with Crippen LogP contribution in [0.15, 0.2) is 34.4 Å². The van der Waals surface area contributed by atoms with E-state index in [2.05, 4.69) is 25.2 Å². The maximum atomic E-state index is 12.3. The van der Waals surface area contributed by atoms with Crippen molar-refractivity contribution in [2.75, 3.05) is 26.2 Å². The Bertz CT molecular complexity index is 1040. The zero-order chi connectivity index (χ0) is 19.5. The number of para-hydroxylation sites is 1. The van der Waals surface area contributed by atoms with Gasteiger partial charge in [0, 0.05) is 37.3 Å². The van der Waals surface area contributed by atoms with Gasteiger partial charge < -0.3 is 15.2 Å². The Morgan fingerprint density at radius 1 is 1.21 bits per heavy atom. The highest BCUT2D eigenvalue weighted by Gasteiger charge is 2.21. The average molecular weight is 398 g/mol. The Hall–Kier alpha value is -2.78.